The quantitative estimate of drug-likeness (QED) is 0.284. The largest absolute Gasteiger partial charge is 0.354 e. The maximum Gasteiger partial charge on any atom is 0.0641 e. The van der Waals surface area contributed by atoms with Crippen LogP contribution in [0.2, 0.25) is 0 Å². The molecule has 1 N–H and O–H groups in total. The SMILES string of the molecule is c1ccc(-c2ccc3c4cc5c6ccccc6[nH]c5c5c6ccccc6n(c3c2)c45)cc1. The Kier molecular flexibility index (Phi) is 2.91. The van der Waals surface area contributed by atoms with E-state index in [1.807, 2.05) is 0 Å². The minimum atomic E-state index is 1.19. The highest BCUT2D eigenvalue weighted by atomic mass is 14.9. The van der Waals surface area contributed by atoms with E-state index in [1.165, 1.54) is 71.0 Å². The first kappa shape index (κ1) is 16.4. The molecular weight excluding hydrogens is 388 g/mol. The lowest BCUT2D eigenvalue weighted by atomic mass is 10.0. The molecule has 0 unspecified atom stereocenters. The minimum absolute atomic E-state index is 1.19. The lowest BCUT2D eigenvalue weighted by Crippen LogP contribution is -1.82. The number of benzene rings is 5. The maximum absolute atomic E-state index is 3.73. The van der Waals surface area contributed by atoms with E-state index >= 15 is 0 Å². The van der Waals surface area contributed by atoms with Crippen LogP contribution < -0.4 is 0 Å². The Morgan fingerprint density at radius 1 is 0.500 bits per heavy atom. The molecule has 0 fully saturated rings. The summed E-state index contributed by atoms with van der Waals surface area (Å²) in [7, 11) is 0. The van der Waals surface area contributed by atoms with Crippen LogP contribution >= 0.6 is 0 Å². The van der Waals surface area contributed by atoms with Crippen molar-refractivity contribution in [2.75, 3.05) is 0 Å². The lowest BCUT2D eigenvalue weighted by Gasteiger charge is -2.03. The summed E-state index contributed by atoms with van der Waals surface area (Å²) in [6.45, 7) is 0. The molecule has 8 rings (SSSR count). The van der Waals surface area contributed by atoms with Gasteiger partial charge in [0.15, 0.2) is 0 Å². The summed E-state index contributed by atoms with van der Waals surface area (Å²) in [5.74, 6) is 0. The topological polar surface area (TPSA) is 20.2 Å². The molecule has 0 saturated carbocycles. The number of aromatic nitrogens is 2. The second kappa shape index (κ2) is 5.68. The van der Waals surface area contributed by atoms with E-state index in [0.717, 1.165) is 0 Å². The number of H-pyrrole nitrogens is 1. The van der Waals surface area contributed by atoms with Crippen LogP contribution in [0.3, 0.4) is 0 Å². The Hall–Kier alpha value is -4.30. The van der Waals surface area contributed by atoms with E-state index < -0.39 is 0 Å². The number of nitrogens with one attached hydrogen (secondary N) is 1. The molecule has 0 radical (unpaired) electrons. The summed E-state index contributed by atoms with van der Waals surface area (Å²) in [6, 6.07) is 37.4. The van der Waals surface area contributed by atoms with Crippen LogP contribution in [0.25, 0.3) is 71.0 Å². The van der Waals surface area contributed by atoms with Crippen molar-refractivity contribution < 1.29 is 0 Å². The van der Waals surface area contributed by atoms with Crippen LogP contribution in [0.1, 0.15) is 0 Å². The van der Waals surface area contributed by atoms with Crippen molar-refractivity contribution >= 4 is 59.9 Å². The van der Waals surface area contributed by atoms with Gasteiger partial charge in [-0.3, -0.25) is 0 Å². The van der Waals surface area contributed by atoms with Crippen molar-refractivity contribution in [3.05, 3.63) is 103 Å². The first-order valence-corrected chi connectivity index (χ1v) is 11.1. The summed E-state index contributed by atoms with van der Waals surface area (Å²) in [5, 5.41) is 7.84. The van der Waals surface area contributed by atoms with Crippen molar-refractivity contribution in [3.63, 3.8) is 0 Å². The number of hydrogen-bond acceptors (Lipinski definition) is 0. The Labute approximate surface area is 183 Å². The highest BCUT2D eigenvalue weighted by Gasteiger charge is 2.21. The van der Waals surface area contributed by atoms with Gasteiger partial charge in [0.1, 0.15) is 0 Å². The fraction of sp³-hybridized carbons (Fsp3) is 0. The molecule has 0 atom stereocenters. The lowest BCUT2D eigenvalue weighted by molar-refractivity contribution is 1.37. The van der Waals surface area contributed by atoms with E-state index in [0.29, 0.717) is 0 Å². The third-order valence-corrected chi connectivity index (χ3v) is 7.05. The molecule has 0 aliphatic rings. The average Bonchev–Trinajstić information content (AvgIpc) is 3.50. The number of fused-ring (bicyclic) bond motifs is 10. The second-order valence-corrected chi connectivity index (χ2v) is 8.69. The van der Waals surface area contributed by atoms with Crippen molar-refractivity contribution in [1.82, 2.24) is 9.38 Å². The van der Waals surface area contributed by atoms with Gasteiger partial charge < -0.3 is 9.38 Å². The van der Waals surface area contributed by atoms with Gasteiger partial charge in [-0.25, -0.2) is 0 Å². The van der Waals surface area contributed by atoms with Crippen molar-refractivity contribution in [2.45, 2.75) is 0 Å². The fourth-order valence-corrected chi connectivity index (χ4v) is 5.68. The van der Waals surface area contributed by atoms with Gasteiger partial charge >= 0.3 is 0 Å². The highest BCUT2D eigenvalue weighted by Crippen LogP contribution is 2.44. The van der Waals surface area contributed by atoms with Gasteiger partial charge in [0.05, 0.1) is 22.1 Å². The standard InChI is InChI=1S/C30H18N2/c1-2-8-18(9-3-1)19-14-15-21-24-17-23-20-10-4-6-12-25(20)31-29(23)28-22-11-5-7-13-26(22)32(30(24)28)27(21)16-19/h1-17,31H. The normalized spacial score (nSPS) is 12.4. The number of para-hydroxylation sites is 2. The molecule has 0 aliphatic carbocycles. The van der Waals surface area contributed by atoms with Gasteiger partial charge in [-0.2, -0.15) is 0 Å². The molecule has 0 amide bonds. The third-order valence-electron chi connectivity index (χ3n) is 7.05. The van der Waals surface area contributed by atoms with Crippen molar-refractivity contribution in [3.8, 4) is 11.1 Å². The molecule has 2 heteroatoms. The summed E-state index contributed by atoms with van der Waals surface area (Å²) >= 11 is 0. The number of nitrogens with zero attached hydrogens (tertiary/aromatic N) is 1. The summed E-state index contributed by atoms with van der Waals surface area (Å²) in [5.41, 5.74) is 8.76. The van der Waals surface area contributed by atoms with Crippen LogP contribution in [0, 0.1) is 0 Å². The monoisotopic (exact) mass is 406 g/mol. The van der Waals surface area contributed by atoms with Gasteiger partial charge in [-0.15, -0.1) is 0 Å². The molecule has 0 aliphatic heterocycles. The van der Waals surface area contributed by atoms with Gasteiger partial charge in [-0.05, 0) is 35.4 Å². The number of rotatable bonds is 1. The second-order valence-electron chi connectivity index (χ2n) is 8.69. The molecule has 0 spiro atoms. The van der Waals surface area contributed by atoms with Crippen LogP contribution in [-0.2, 0) is 0 Å². The predicted octanol–water partition coefficient (Wildman–Crippen LogP) is 8.14. The van der Waals surface area contributed by atoms with E-state index in [4.69, 9.17) is 0 Å². The Morgan fingerprint density at radius 3 is 2.19 bits per heavy atom. The Bertz CT molecular complexity index is 1970. The zero-order valence-corrected chi connectivity index (χ0v) is 17.3. The van der Waals surface area contributed by atoms with Crippen LogP contribution in [0.4, 0.5) is 0 Å². The molecular formula is C30H18N2. The molecule has 3 heterocycles. The van der Waals surface area contributed by atoms with E-state index in [9.17, 15) is 0 Å². The molecule has 148 valence electrons. The smallest absolute Gasteiger partial charge is 0.0641 e. The fourth-order valence-electron chi connectivity index (χ4n) is 5.68. The summed E-state index contributed by atoms with van der Waals surface area (Å²) in [6.07, 6.45) is 0. The first-order valence-electron chi connectivity index (χ1n) is 11.1. The minimum Gasteiger partial charge on any atom is -0.354 e. The average molecular weight is 406 g/mol. The zero-order valence-electron chi connectivity index (χ0n) is 17.3. The van der Waals surface area contributed by atoms with Gasteiger partial charge in [0, 0.05) is 37.8 Å². The molecule has 32 heavy (non-hydrogen) atoms. The number of aromatic amines is 1. The number of hydrogen-bond donors (Lipinski definition) is 1. The molecule has 3 aromatic heterocycles. The van der Waals surface area contributed by atoms with Crippen molar-refractivity contribution in [1.29, 1.82) is 0 Å². The molecule has 0 saturated heterocycles. The van der Waals surface area contributed by atoms with Crippen LogP contribution in [0.5, 0.6) is 0 Å². The highest BCUT2D eigenvalue weighted by molar-refractivity contribution is 6.33. The molecule has 5 aromatic carbocycles. The third kappa shape index (κ3) is 1.91. The van der Waals surface area contributed by atoms with Gasteiger partial charge in [-0.1, -0.05) is 78.9 Å². The molecule has 0 bridgehead atoms. The molecule has 8 aromatic rings. The zero-order chi connectivity index (χ0) is 20.8. The summed E-state index contributed by atoms with van der Waals surface area (Å²) in [4.78, 5) is 3.73. The predicted molar refractivity (Wildman–Crippen MR) is 136 cm³/mol. The Balaban J connectivity index is 1.65. The molecule has 2 nitrogen and oxygen atoms in total. The maximum atomic E-state index is 3.73. The van der Waals surface area contributed by atoms with Gasteiger partial charge in [0.25, 0.3) is 0 Å². The Morgan fingerprint density at radius 2 is 1.28 bits per heavy atom. The van der Waals surface area contributed by atoms with Crippen LogP contribution in [0.15, 0.2) is 103 Å². The van der Waals surface area contributed by atoms with E-state index in [-0.39, 0.29) is 0 Å². The van der Waals surface area contributed by atoms with Crippen LogP contribution in [-0.4, -0.2) is 9.38 Å². The van der Waals surface area contributed by atoms with Gasteiger partial charge in [0.2, 0.25) is 0 Å². The van der Waals surface area contributed by atoms with E-state index in [2.05, 4.69) is 113 Å². The van der Waals surface area contributed by atoms with E-state index in [1.54, 1.807) is 0 Å². The van der Waals surface area contributed by atoms with Crippen molar-refractivity contribution in [2.24, 2.45) is 0 Å². The first-order chi connectivity index (χ1) is 15.9. The summed E-state index contributed by atoms with van der Waals surface area (Å²) < 4.78 is 2.46.